The highest BCUT2D eigenvalue weighted by atomic mass is 32.2. The van der Waals surface area contributed by atoms with Crippen LogP contribution < -0.4 is 5.73 Å². The second-order valence-electron chi connectivity index (χ2n) is 4.67. The zero-order valence-corrected chi connectivity index (χ0v) is 11.4. The van der Waals surface area contributed by atoms with E-state index in [9.17, 15) is 0 Å². The highest BCUT2D eigenvalue weighted by molar-refractivity contribution is 7.99. The second-order valence-corrected chi connectivity index (χ2v) is 6.84. The largest absolute Gasteiger partial charge is 0.328 e. The molecule has 2 N–H and O–H groups in total. The van der Waals surface area contributed by atoms with Gasteiger partial charge < -0.3 is 5.73 Å². The van der Waals surface area contributed by atoms with Crippen LogP contribution in [0.4, 0.5) is 0 Å². The zero-order chi connectivity index (χ0) is 11.4. The van der Waals surface area contributed by atoms with Gasteiger partial charge in [-0.1, -0.05) is 0 Å². The lowest BCUT2D eigenvalue weighted by Crippen LogP contribution is -2.18. The molecule has 16 heavy (non-hydrogen) atoms. The van der Waals surface area contributed by atoms with Crippen molar-refractivity contribution >= 4 is 23.1 Å². The van der Waals surface area contributed by atoms with E-state index in [-0.39, 0.29) is 6.04 Å². The van der Waals surface area contributed by atoms with Gasteiger partial charge in [-0.3, -0.25) is 0 Å². The maximum Gasteiger partial charge on any atom is 0.0931 e. The van der Waals surface area contributed by atoms with Gasteiger partial charge >= 0.3 is 0 Å². The number of thiazole rings is 1. The topological polar surface area (TPSA) is 38.9 Å². The molecule has 0 radical (unpaired) electrons. The van der Waals surface area contributed by atoms with Crippen LogP contribution in [-0.4, -0.2) is 22.5 Å². The van der Waals surface area contributed by atoms with E-state index in [2.05, 4.69) is 22.1 Å². The Balaban J connectivity index is 1.86. The van der Waals surface area contributed by atoms with Gasteiger partial charge in [0.05, 0.1) is 10.7 Å². The molecule has 1 unspecified atom stereocenters. The Morgan fingerprint density at radius 1 is 1.50 bits per heavy atom. The predicted molar refractivity (Wildman–Crippen MR) is 73.2 cm³/mol. The molecular formula is C12H20N2S2. The van der Waals surface area contributed by atoms with E-state index in [0.29, 0.717) is 0 Å². The van der Waals surface area contributed by atoms with Crippen LogP contribution in [0.15, 0.2) is 5.38 Å². The molecule has 2 heterocycles. The quantitative estimate of drug-likeness (QED) is 0.900. The molecule has 0 bridgehead atoms. The fourth-order valence-corrected chi connectivity index (χ4v) is 4.19. The van der Waals surface area contributed by atoms with Gasteiger partial charge in [-0.15, -0.1) is 11.3 Å². The third-order valence-electron chi connectivity index (χ3n) is 2.93. The van der Waals surface area contributed by atoms with Crippen molar-refractivity contribution in [2.75, 3.05) is 11.5 Å². The molecule has 0 spiro atoms. The Bertz CT molecular complexity index is 317. The van der Waals surface area contributed by atoms with E-state index in [0.717, 1.165) is 12.3 Å². The van der Waals surface area contributed by atoms with Gasteiger partial charge in [0.1, 0.15) is 0 Å². The number of nitrogens with zero attached hydrogens (tertiary/aromatic N) is 1. The van der Waals surface area contributed by atoms with Crippen molar-refractivity contribution in [2.45, 2.75) is 38.6 Å². The van der Waals surface area contributed by atoms with Crippen molar-refractivity contribution in [3.63, 3.8) is 0 Å². The van der Waals surface area contributed by atoms with Crippen molar-refractivity contribution in [3.8, 4) is 0 Å². The lowest BCUT2D eigenvalue weighted by atomic mass is 9.99. The molecule has 0 aromatic carbocycles. The van der Waals surface area contributed by atoms with Crippen LogP contribution in [0.5, 0.6) is 0 Å². The lowest BCUT2D eigenvalue weighted by Gasteiger charge is -2.19. The Hall–Kier alpha value is -0.0600. The average molecular weight is 256 g/mol. The van der Waals surface area contributed by atoms with Gasteiger partial charge in [0, 0.05) is 24.3 Å². The number of hydrogen-bond acceptors (Lipinski definition) is 4. The lowest BCUT2D eigenvalue weighted by molar-refractivity contribution is 0.486. The molecular weight excluding hydrogens is 236 g/mol. The summed E-state index contributed by atoms with van der Waals surface area (Å²) in [6, 6.07) is 0.223. The standard InChI is InChI=1S/C12H20N2S2/c1-9(13)6-11-8-16-12(14-11)7-10-2-4-15-5-3-10/h8-10H,2-7,13H2,1H3. The summed E-state index contributed by atoms with van der Waals surface area (Å²) in [6.07, 6.45) is 4.83. The molecule has 1 aromatic heterocycles. The monoisotopic (exact) mass is 256 g/mol. The summed E-state index contributed by atoms with van der Waals surface area (Å²) >= 11 is 3.90. The minimum absolute atomic E-state index is 0.223. The van der Waals surface area contributed by atoms with Crippen LogP contribution in [0.25, 0.3) is 0 Å². The molecule has 0 saturated carbocycles. The van der Waals surface area contributed by atoms with Gasteiger partial charge in [-0.05, 0) is 37.2 Å². The summed E-state index contributed by atoms with van der Waals surface area (Å²) in [7, 11) is 0. The first-order valence-corrected chi connectivity index (χ1v) is 8.04. The van der Waals surface area contributed by atoms with Crippen molar-refractivity contribution in [1.29, 1.82) is 0 Å². The third-order valence-corrected chi connectivity index (χ3v) is 4.90. The SMILES string of the molecule is CC(N)Cc1csc(CC2CCSCC2)n1. The summed E-state index contributed by atoms with van der Waals surface area (Å²) in [5, 5.41) is 3.49. The number of rotatable bonds is 4. The molecule has 2 rings (SSSR count). The van der Waals surface area contributed by atoms with Gasteiger partial charge in [-0.2, -0.15) is 11.8 Å². The highest BCUT2D eigenvalue weighted by Gasteiger charge is 2.16. The Labute approximate surface area is 106 Å². The van der Waals surface area contributed by atoms with Gasteiger partial charge in [-0.25, -0.2) is 4.98 Å². The summed E-state index contributed by atoms with van der Waals surface area (Å²) in [6.45, 7) is 2.04. The normalized spacial score (nSPS) is 19.9. The van der Waals surface area contributed by atoms with Crippen molar-refractivity contribution in [1.82, 2.24) is 4.98 Å². The summed E-state index contributed by atoms with van der Waals surface area (Å²) < 4.78 is 0. The molecule has 1 aromatic rings. The number of thioether (sulfide) groups is 1. The Morgan fingerprint density at radius 3 is 2.94 bits per heavy atom. The fourth-order valence-electron chi connectivity index (χ4n) is 2.06. The van der Waals surface area contributed by atoms with Crippen molar-refractivity contribution in [3.05, 3.63) is 16.1 Å². The van der Waals surface area contributed by atoms with E-state index >= 15 is 0 Å². The first-order valence-electron chi connectivity index (χ1n) is 6.00. The molecule has 0 amide bonds. The summed E-state index contributed by atoms with van der Waals surface area (Å²) in [5.74, 6) is 3.54. The summed E-state index contributed by atoms with van der Waals surface area (Å²) in [4.78, 5) is 4.68. The number of aromatic nitrogens is 1. The smallest absolute Gasteiger partial charge is 0.0931 e. The molecule has 1 aliphatic heterocycles. The number of hydrogen-bond donors (Lipinski definition) is 1. The van der Waals surface area contributed by atoms with E-state index < -0.39 is 0 Å². The van der Waals surface area contributed by atoms with Crippen LogP contribution >= 0.6 is 23.1 Å². The molecule has 1 atom stereocenters. The van der Waals surface area contributed by atoms with Crippen molar-refractivity contribution in [2.24, 2.45) is 11.7 Å². The summed E-state index contributed by atoms with van der Waals surface area (Å²) in [5.41, 5.74) is 6.96. The van der Waals surface area contributed by atoms with Crippen LogP contribution in [0.1, 0.15) is 30.5 Å². The highest BCUT2D eigenvalue weighted by Crippen LogP contribution is 2.27. The van der Waals surface area contributed by atoms with Crippen LogP contribution in [0.3, 0.4) is 0 Å². The van der Waals surface area contributed by atoms with Crippen LogP contribution in [0, 0.1) is 5.92 Å². The predicted octanol–water partition coefficient (Wildman–Crippen LogP) is 2.72. The molecule has 1 fully saturated rings. The van der Waals surface area contributed by atoms with E-state index in [1.165, 1.54) is 41.5 Å². The fraction of sp³-hybridized carbons (Fsp3) is 0.750. The van der Waals surface area contributed by atoms with E-state index in [1.54, 1.807) is 0 Å². The molecule has 4 heteroatoms. The molecule has 1 aliphatic rings. The Kier molecular flexibility index (Phi) is 4.67. The molecule has 90 valence electrons. The second kappa shape index (κ2) is 6.03. The van der Waals surface area contributed by atoms with Gasteiger partial charge in [0.25, 0.3) is 0 Å². The van der Waals surface area contributed by atoms with E-state index in [1.807, 2.05) is 18.3 Å². The molecule has 2 nitrogen and oxygen atoms in total. The average Bonchev–Trinajstić information content (AvgIpc) is 2.66. The van der Waals surface area contributed by atoms with Crippen LogP contribution in [0.2, 0.25) is 0 Å². The third kappa shape index (κ3) is 3.75. The zero-order valence-electron chi connectivity index (χ0n) is 9.82. The molecule has 1 saturated heterocycles. The van der Waals surface area contributed by atoms with Gasteiger partial charge in [0.2, 0.25) is 0 Å². The molecule has 0 aliphatic carbocycles. The Morgan fingerprint density at radius 2 is 2.25 bits per heavy atom. The maximum absolute atomic E-state index is 5.78. The van der Waals surface area contributed by atoms with Crippen molar-refractivity contribution < 1.29 is 0 Å². The first-order chi connectivity index (χ1) is 7.74. The van der Waals surface area contributed by atoms with Crippen LogP contribution in [-0.2, 0) is 12.8 Å². The minimum Gasteiger partial charge on any atom is -0.328 e. The maximum atomic E-state index is 5.78. The number of nitrogens with two attached hydrogens (primary N) is 1. The van der Waals surface area contributed by atoms with Gasteiger partial charge in [0.15, 0.2) is 0 Å². The minimum atomic E-state index is 0.223. The first kappa shape index (κ1) is 12.4. The van der Waals surface area contributed by atoms with E-state index in [4.69, 9.17) is 5.73 Å².